The minimum absolute atomic E-state index is 0.00392. The molecule has 2 aromatic carbocycles. The van der Waals surface area contributed by atoms with Gasteiger partial charge in [0.1, 0.15) is 5.82 Å². The van der Waals surface area contributed by atoms with Gasteiger partial charge >= 0.3 is 0 Å². The molecule has 34 heavy (non-hydrogen) atoms. The van der Waals surface area contributed by atoms with Crippen molar-refractivity contribution >= 4 is 51.5 Å². The molecular weight excluding hydrogens is 489 g/mol. The van der Waals surface area contributed by atoms with Crippen molar-refractivity contribution in [2.75, 3.05) is 49.1 Å². The van der Waals surface area contributed by atoms with Crippen molar-refractivity contribution in [1.82, 2.24) is 14.3 Å². The fraction of sp³-hybridized carbons (Fsp3) is 0.400. The summed E-state index contributed by atoms with van der Waals surface area (Å²) in [5, 5.41) is 2.40. The molecule has 0 aliphatic carbocycles. The fourth-order valence-corrected chi connectivity index (χ4v) is 5.82. The van der Waals surface area contributed by atoms with Crippen molar-refractivity contribution in [1.29, 1.82) is 0 Å². The molecule has 0 saturated carbocycles. The smallest absolute Gasteiger partial charge is 0.227 e. The number of rotatable bonds is 5. The molecule has 6 nitrogen and oxygen atoms in total. The largest absolute Gasteiger partial charge is 0.367 e. The van der Waals surface area contributed by atoms with E-state index in [2.05, 4.69) is 14.2 Å². The van der Waals surface area contributed by atoms with Crippen LogP contribution < -0.4 is 9.80 Å². The van der Waals surface area contributed by atoms with Crippen molar-refractivity contribution in [2.24, 2.45) is 5.92 Å². The summed E-state index contributed by atoms with van der Waals surface area (Å²) in [6, 6.07) is 15.7. The lowest BCUT2D eigenvalue weighted by molar-refractivity contribution is -0.136. The Kier molecular flexibility index (Phi) is 7.23. The van der Waals surface area contributed by atoms with E-state index in [9.17, 15) is 4.79 Å². The van der Waals surface area contributed by atoms with E-state index in [-0.39, 0.29) is 11.8 Å². The monoisotopic (exact) mass is 515 g/mol. The summed E-state index contributed by atoms with van der Waals surface area (Å²) in [6.07, 6.45) is 2.60. The summed E-state index contributed by atoms with van der Waals surface area (Å²) in [5.41, 5.74) is 2.18. The summed E-state index contributed by atoms with van der Waals surface area (Å²) >= 11 is 13.8. The number of hydrogen-bond donors (Lipinski definition) is 0. The van der Waals surface area contributed by atoms with Gasteiger partial charge in [-0.25, -0.2) is 4.98 Å². The van der Waals surface area contributed by atoms with Gasteiger partial charge in [-0.2, -0.15) is 4.37 Å². The number of carbonyl (C=O) groups excluding carboxylic acids is 1. The zero-order valence-electron chi connectivity index (χ0n) is 18.9. The van der Waals surface area contributed by atoms with Crippen molar-refractivity contribution in [3.8, 4) is 0 Å². The predicted octanol–water partition coefficient (Wildman–Crippen LogP) is 5.00. The Morgan fingerprint density at radius 2 is 1.74 bits per heavy atom. The maximum absolute atomic E-state index is 13.3. The van der Waals surface area contributed by atoms with E-state index in [0.717, 1.165) is 77.8 Å². The summed E-state index contributed by atoms with van der Waals surface area (Å²) in [6.45, 7) is 4.68. The molecule has 0 radical (unpaired) electrons. The first-order chi connectivity index (χ1) is 16.6. The number of hydrogen-bond acceptors (Lipinski definition) is 6. The molecular formula is C25H27Cl2N5OS. The fourth-order valence-electron chi connectivity index (χ4n) is 4.72. The molecule has 2 saturated heterocycles. The molecule has 178 valence electrons. The van der Waals surface area contributed by atoms with E-state index in [1.165, 1.54) is 11.5 Å². The number of para-hydroxylation sites is 1. The molecule has 1 atom stereocenters. The van der Waals surface area contributed by atoms with Gasteiger partial charge in [0, 0.05) is 62.2 Å². The highest BCUT2D eigenvalue weighted by molar-refractivity contribution is 7.09. The van der Waals surface area contributed by atoms with Crippen LogP contribution in [0.5, 0.6) is 0 Å². The van der Waals surface area contributed by atoms with Crippen LogP contribution in [0.25, 0.3) is 0 Å². The summed E-state index contributed by atoms with van der Waals surface area (Å²) in [5.74, 6) is 1.07. The van der Waals surface area contributed by atoms with Crippen LogP contribution in [0.2, 0.25) is 10.0 Å². The third-order valence-corrected chi connectivity index (χ3v) is 7.94. The molecule has 2 fully saturated rings. The Bertz CT molecular complexity index is 1130. The molecule has 2 aliphatic heterocycles. The van der Waals surface area contributed by atoms with Crippen LogP contribution in [0, 0.1) is 5.92 Å². The van der Waals surface area contributed by atoms with E-state index >= 15 is 0 Å². The van der Waals surface area contributed by atoms with Gasteiger partial charge in [-0.1, -0.05) is 47.5 Å². The Morgan fingerprint density at radius 1 is 0.971 bits per heavy atom. The first kappa shape index (κ1) is 23.4. The molecule has 3 aromatic rings. The van der Waals surface area contributed by atoms with Gasteiger partial charge in [0.25, 0.3) is 0 Å². The second-order valence-electron chi connectivity index (χ2n) is 8.85. The van der Waals surface area contributed by atoms with Gasteiger partial charge in [-0.15, -0.1) is 0 Å². The summed E-state index contributed by atoms with van der Waals surface area (Å²) in [4.78, 5) is 24.6. The molecule has 1 unspecified atom stereocenters. The average molecular weight is 516 g/mol. The number of piperazine rings is 1. The number of halogens is 2. The van der Waals surface area contributed by atoms with Crippen LogP contribution in [0.15, 0.2) is 48.5 Å². The van der Waals surface area contributed by atoms with E-state index < -0.39 is 0 Å². The zero-order valence-corrected chi connectivity index (χ0v) is 21.2. The quantitative estimate of drug-likeness (QED) is 0.478. The maximum Gasteiger partial charge on any atom is 0.227 e. The Hall–Kier alpha value is -2.35. The molecule has 1 aromatic heterocycles. The summed E-state index contributed by atoms with van der Waals surface area (Å²) < 4.78 is 4.56. The van der Waals surface area contributed by atoms with Crippen LogP contribution >= 0.6 is 34.7 Å². The molecule has 9 heteroatoms. The minimum atomic E-state index is 0.00392. The lowest BCUT2D eigenvalue weighted by Gasteiger charge is -2.39. The molecule has 5 rings (SSSR count). The second-order valence-corrected chi connectivity index (χ2v) is 10.4. The Labute approximate surface area is 214 Å². The Morgan fingerprint density at radius 3 is 2.50 bits per heavy atom. The minimum Gasteiger partial charge on any atom is -0.367 e. The molecule has 0 bridgehead atoms. The highest BCUT2D eigenvalue weighted by Crippen LogP contribution is 2.29. The lowest BCUT2D eigenvalue weighted by atomic mass is 9.96. The normalized spacial score (nSPS) is 18.9. The van der Waals surface area contributed by atoms with Gasteiger partial charge in [-0.3, -0.25) is 4.79 Å². The van der Waals surface area contributed by atoms with Crippen LogP contribution in [-0.2, 0) is 11.2 Å². The van der Waals surface area contributed by atoms with Gasteiger partial charge in [-0.05, 0) is 42.7 Å². The maximum atomic E-state index is 13.3. The number of benzene rings is 2. The number of piperidine rings is 1. The van der Waals surface area contributed by atoms with Crippen molar-refractivity contribution in [2.45, 2.75) is 19.3 Å². The highest BCUT2D eigenvalue weighted by atomic mass is 35.5. The number of aromatic nitrogens is 2. The van der Waals surface area contributed by atoms with Crippen molar-refractivity contribution in [3.63, 3.8) is 0 Å². The van der Waals surface area contributed by atoms with E-state index in [1.807, 2.05) is 53.4 Å². The van der Waals surface area contributed by atoms with Gasteiger partial charge in [0.05, 0.1) is 16.6 Å². The SMILES string of the molecule is O=C(C1CCCN(c2nc(Cc3ccc(Cl)cc3)ns2)C1)N1CCN(c2ccccc2Cl)CC1. The van der Waals surface area contributed by atoms with Crippen LogP contribution in [0.4, 0.5) is 10.8 Å². The number of amides is 1. The van der Waals surface area contributed by atoms with Crippen molar-refractivity contribution < 1.29 is 4.79 Å². The zero-order chi connectivity index (χ0) is 23.5. The van der Waals surface area contributed by atoms with Crippen molar-refractivity contribution in [3.05, 3.63) is 70.0 Å². The molecule has 1 amide bonds. The van der Waals surface area contributed by atoms with E-state index in [4.69, 9.17) is 28.2 Å². The summed E-state index contributed by atoms with van der Waals surface area (Å²) in [7, 11) is 0. The molecule has 2 aliphatic rings. The van der Waals surface area contributed by atoms with E-state index in [0.29, 0.717) is 13.0 Å². The standard InChI is InChI=1S/C25H27Cl2N5OS/c26-20-9-7-18(8-10-20)16-23-28-25(34-29-23)32-11-3-4-19(17-32)24(33)31-14-12-30(13-15-31)22-6-2-1-5-21(22)27/h1-2,5-10,19H,3-4,11-17H2. The van der Waals surface area contributed by atoms with Crippen LogP contribution in [0.1, 0.15) is 24.2 Å². The molecule has 0 spiro atoms. The topological polar surface area (TPSA) is 52.6 Å². The van der Waals surface area contributed by atoms with Gasteiger partial charge in [0.15, 0.2) is 0 Å². The first-order valence-corrected chi connectivity index (χ1v) is 13.2. The first-order valence-electron chi connectivity index (χ1n) is 11.7. The van der Waals surface area contributed by atoms with E-state index in [1.54, 1.807) is 0 Å². The third kappa shape index (κ3) is 5.32. The Balaban J connectivity index is 1.17. The highest BCUT2D eigenvalue weighted by Gasteiger charge is 2.32. The molecule has 0 N–H and O–H groups in total. The second kappa shape index (κ2) is 10.5. The van der Waals surface area contributed by atoms with Crippen LogP contribution in [0.3, 0.4) is 0 Å². The van der Waals surface area contributed by atoms with Crippen LogP contribution in [-0.4, -0.2) is 59.4 Å². The average Bonchev–Trinajstić information content (AvgIpc) is 3.34. The van der Waals surface area contributed by atoms with Gasteiger partial charge in [0.2, 0.25) is 11.0 Å². The number of carbonyl (C=O) groups is 1. The number of nitrogens with zero attached hydrogens (tertiary/aromatic N) is 5. The van der Waals surface area contributed by atoms with Gasteiger partial charge < -0.3 is 14.7 Å². The predicted molar refractivity (Wildman–Crippen MR) is 139 cm³/mol. The number of anilines is 2. The molecule has 3 heterocycles. The third-order valence-electron chi connectivity index (χ3n) is 6.56. The lowest BCUT2D eigenvalue weighted by Crippen LogP contribution is -2.52.